The van der Waals surface area contributed by atoms with Crippen LogP contribution >= 0.6 is 15.9 Å². The molecule has 0 bridgehead atoms. The van der Waals surface area contributed by atoms with E-state index in [9.17, 15) is 4.79 Å². The van der Waals surface area contributed by atoms with Crippen LogP contribution in [0, 0.1) is 6.92 Å². The molecule has 2 rings (SSSR count). The molecule has 0 radical (unpaired) electrons. The van der Waals surface area contributed by atoms with Crippen molar-refractivity contribution in [3.8, 4) is 0 Å². The molecule has 116 valence electrons. The average Bonchev–Trinajstić information content (AvgIpc) is 2.78. The lowest BCUT2D eigenvalue weighted by Gasteiger charge is -2.22. The van der Waals surface area contributed by atoms with Crippen LogP contribution in [-0.2, 0) is 10.3 Å². The molecular formula is C17H20BrN3O. The van der Waals surface area contributed by atoms with E-state index in [4.69, 9.17) is 0 Å². The van der Waals surface area contributed by atoms with Gasteiger partial charge in [0.05, 0.1) is 11.2 Å². The predicted octanol–water partition coefficient (Wildman–Crippen LogP) is 4.36. The number of rotatable bonds is 3. The van der Waals surface area contributed by atoms with E-state index < -0.39 is 0 Å². The standard InChI is InChI=1S/C17H20BrN3O/c1-12-11-15(21(20-12)17(2,3)4)19-16(22)10-9-13-7-5-6-8-14(13)18/h5-11H,1-4H3,(H,19,22)/b10-9-. The summed E-state index contributed by atoms with van der Waals surface area (Å²) in [5.41, 5.74) is 1.64. The van der Waals surface area contributed by atoms with Crippen LogP contribution in [0.3, 0.4) is 0 Å². The number of nitrogens with one attached hydrogen (secondary N) is 1. The number of halogens is 1. The first-order valence-electron chi connectivity index (χ1n) is 7.08. The Morgan fingerprint density at radius 2 is 2.00 bits per heavy atom. The van der Waals surface area contributed by atoms with Gasteiger partial charge in [-0.15, -0.1) is 0 Å². The molecular weight excluding hydrogens is 342 g/mol. The number of carbonyl (C=O) groups is 1. The van der Waals surface area contributed by atoms with Crippen molar-refractivity contribution in [1.29, 1.82) is 0 Å². The van der Waals surface area contributed by atoms with E-state index in [1.807, 2.05) is 62.7 Å². The van der Waals surface area contributed by atoms with Gasteiger partial charge in [0, 0.05) is 16.6 Å². The Bertz CT molecular complexity index is 711. The highest BCUT2D eigenvalue weighted by Crippen LogP contribution is 2.21. The summed E-state index contributed by atoms with van der Waals surface area (Å²) in [4.78, 5) is 12.1. The molecule has 1 aromatic carbocycles. The van der Waals surface area contributed by atoms with Crippen molar-refractivity contribution in [2.75, 3.05) is 5.32 Å². The van der Waals surface area contributed by atoms with Crippen LogP contribution in [0.2, 0.25) is 0 Å². The molecule has 1 aromatic heterocycles. The fourth-order valence-electron chi connectivity index (χ4n) is 2.04. The SMILES string of the molecule is Cc1cc(NC(=O)/C=C\c2ccccc2Br)n(C(C)(C)C)n1. The maximum Gasteiger partial charge on any atom is 0.249 e. The van der Waals surface area contributed by atoms with Crippen LogP contribution in [0.1, 0.15) is 32.0 Å². The number of aryl methyl sites for hydroxylation is 1. The summed E-state index contributed by atoms with van der Waals surface area (Å²) in [6.45, 7) is 8.05. The molecule has 4 nitrogen and oxygen atoms in total. The van der Waals surface area contributed by atoms with Crippen molar-refractivity contribution in [1.82, 2.24) is 9.78 Å². The average molecular weight is 362 g/mol. The van der Waals surface area contributed by atoms with Gasteiger partial charge in [0.1, 0.15) is 5.82 Å². The van der Waals surface area contributed by atoms with Gasteiger partial charge in [-0.2, -0.15) is 5.10 Å². The highest BCUT2D eigenvalue weighted by molar-refractivity contribution is 9.10. The van der Waals surface area contributed by atoms with E-state index in [-0.39, 0.29) is 11.4 Å². The number of benzene rings is 1. The van der Waals surface area contributed by atoms with Crippen molar-refractivity contribution in [3.63, 3.8) is 0 Å². The van der Waals surface area contributed by atoms with Gasteiger partial charge in [0.2, 0.25) is 5.91 Å². The molecule has 0 aliphatic heterocycles. The Balaban J connectivity index is 2.15. The molecule has 0 aliphatic rings. The van der Waals surface area contributed by atoms with Crippen molar-refractivity contribution in [2.45, 2.75) is 33.2 Å². The van der Waals surface area contributed by atoms with E-state index >= 15 is 0 Å². The minimum absolute atomic E-state index is 0.179. The van der Waals surface area contributed by atoms with Gasteiger partial charge in [0.25, 0.3) is 0 Å². The highest BCUT2D eigenvalue weighted by atomic mass is 79.9. The maximum atomic E-state index is 12.1. The van der Waals surface area contributed by atoms with Crippen molar-refractivity contribution in [2.24, 2.45) is 0 Å². The van der Waals surface area contributed by atoms with E-state index in [2.05, 4.69) is 26.3 Å². The third kappa shape index (κ3) is 4.07. The van der Waals surface area contributed by atoms with E-state index in [0.717, 1.165) is 15.7 Å². The van der Waals surface area contributed by atoms with Crippen molar-refractivity contribution >= 4 is 33.7 Å². The van der Waals surface area contributed by atoms with Crippen molar-refractivity contribution < 1.29 is 4.79 Å². The third-order valence-electron chi connectivity index (χ3n) is 3.04. The summed E-state index contributed by atoms with van der Waals surface area (Å²) in [6, 6.07) is 9.62. The predicted molar refractivity (Wildman–Crippen MR) is 93.8 cm³/mol. The van der Waals surface area contributed by atoms with Crippen LogP contribution in [0.15, 0.2) is 40.9 Å². The Kier molecular flexibility index (Phi) is 4.86. The number of aromatic nitrogens is 2. The number of carbonyl (C=O) groups excluding carboxylic acids is 1. The molecule has 1 amide bonds. The summed E-state index contributed by atoms with van der Waals surface area (Å²) in [6.07, 6.45) is 3.31. The summed E-state index contributed by atoms with van der Waals surface area (Å²) >= 11 is 3.46. The van der Waals surface area contributed by atoms with Crippen LogP contribution in [0.25, 0.3) is 6.08 Å². The first-order valence-corrected chi connectivity index (χ1v) is 7.87. The second kappa shape index (κ2) is 6.48. The lowest BCUT2D eigenvalue weighted by molar-refractivity contribution is -0.111. The van der Waals surface area contributed by atoms with Gasteiger partial charge in [-0.25, -0.2) is 4.68 Å². The first kappa shape index (κ1) is 16.5. The quantitative estimate of drug-likeness (QED) is 0.825. The minimum Gasteiger partial charge on any atom is -0.307 e. The van der Waals surface area contributed by atoms with E-state index in [1.54, 1.807) is 6.08 Å². The smallest absolute Gasteiger partial charge is 0.249 e. The fourth-order valence-corrected chi connectivity index (χ4v) is 2.46. The zero-order valence-electron chi connectivity index (χ0n) is 13.2. The molecule has 1 heterocycles. The summed E-state index contributed by atoms with van der Waals surface area (Å²) < 4.78 is 2.78. The molecule has 2 aromatic rings. The van der Waals surface area contributed by atoms with Gasteiger partial charge < -0.3 is 5.32 Å². The molecule has 22 heavy (non-hydrogen) atoms. The zero-order valence-corrected chi connectivity index (χ0v) is 14.8. The van der Waals surface area contributed by atoms with E-state index in [1.165, 1.54) is 6.08 Å². The normalized spacial score (nSPS) is 11.9. The van der Waals surface area contributed by atoms with Gasteiger partial charge >= 0.3 is 0 Å². The molecule has 0 aliphatic carbocycles. The first-order chi connectivity index (χ1) is 10.3. The lowest BCUT2D eigenvalue weighted by atomic mass is 10.1. The number of anilines is 1. The number of hydrogen-bond acceptors (Lipinski definition) is 2. The summed E-state index contributed by atoms with van der Waals surface area (Å²) in [5, 5.41) is 7.32. The zero-order chi connectivity index (χ0) is 16.3. The lowest BCUT2D eigenvalue weighted by Crippen LogP contribution is -2.26. The fraction of sp³-hybridized carbons (Fsp3) is 0.294. The van der Waals surface area contributed by atoms with Crippen LogP contribution < -0.4 is 5.32 Å². The molecule has 5 heteroatoms. The van der Waals surface area contributed by atoms with Gasteiger partial charge in [-0.3, -0.25) is 4.79 Å². The highest BCUT2D eigenvalue weighted by Gasteiger charge is 2.19. The van der Waals surface area contributed by atoms with E-state index in [0.29, 0.717) is 5.82 Å². The largest absolute Gasteiger partial charge is 0.307 e. The summed E-state index contributed by atoms with van der Waals surface area (Å²) in [7, 11) is 0. The van der Waals surface area contributed by atoms with Crippen LogP contribution in [-0.4, -0.2) is 15.7 Å². The third-order valence-corrected chi connectivity index (χ3v) is 3.76. The Labute approximate surface area is 139 Å². The monoisotopic (exact) mass is 361 g/mol. The Hall–Kier alpha value is -1.88. The van der Waals surface area contributed by atoms with Crippen LogP contribution in [0.5, 0.6) is 0 Å². The molecule has 0 spiro atoms. The second-order valence-electron chi connectivity index (χ2n) is 6.10. The molecule has 1 N–H and O–H groups in total. The number of nitrogens with zero attached hydrogens (tertiary/aromatic N) is 2. The Morgan fingerprint density at radius 1 is 1.32 bits per heavy atom. The second-order valence-corrected chi connectivity index (χ2v) is 6.95. The van der Waals surface area contributed by atoms with Crippen LogP contribution in [0.4, 0.5) is 5.82 Å². The molecule has 0 unspecified atom stereocenters. The van der Waals surface area contributed by atoms with Gasteiger partial charge in [-0.1, -0.05) is 34.1 Å². The molecule has 0 saturated heterocycles. The van der Waals surface area contributed by atoms with Gasteiger partial charge in [-0.05, 0) is 45.4 Å². The topological polar surface area (TPSA) is 46.9 Å². The minimum atomic E-state index is -0.191. The Morgan fingerprint density at radius 3 is 2.64 bits per heavy atom. The van der Waals surface area contributed by atoms with Gasteiger partial charge in [0.15, 0.2) is 0 Å². The molecule has 0 atom stereocenters. The maximum absolute atomic E-state index is 12.1. The summed E-state index contributed by atoms with van der Waals surface area (Å²) in [5.74, 6) is 0.521. The number of hydrogen-bond donors (Lipinski definition) is 1. The molecule has 0 fully saturated rings. The van der Waals surface area contributed by atoms with Crippen molar-refractivity contribution in [3.05, 3.63) is 52.1 Å². The number of amides is 1. The molecule has 0 saturated carbocycles.